The van der Waals surface area contributed by atoms with Crippen LogP contribution < -0.4 is 9.64 Å². The summed E-state index contributed by atoms with van der Waals surface area (Å²) in [6, 6.07) is 6.28. The van der Waals surface area contributed by atoms with Gasteiger partial charge in [-0.1, -0.05) is 6.07 Å². The maximum atomic E-state index is 13.9. The van der Waals surface area contributed by atoms with E-state index in [-0.39, 0.29) is 12.4 Å². The highest BCUT2D eigenvalue weighted by Gasteiger charge is 2.50. The van der Waals surface area contributed by atoms with E-state index in [1.165, 1.54) is 31.4 Å². The minimum absolute atomic E-state index is 0.149. The van der Waals surface area contributed by atoms with E-state index in [0.29, 0.717) is 23.1 Å². The number of piperidine rings is 1. The molecule has 3 fully saturated rings. The molecule has 7 heteroatoms. The van der Waals surface area contributed by atoms with Crippen molar-refractivity contribution in [3.63, 3.8) is 0 Å². The molecule has 2 aromatic rings. The third kappa shape index (κ3) is 4.90. The SMILES string of the molecule is Cc1coc(N2CC3(CC[C@@H](N4CCC(c5ccc(F)cc5OCC(C)(C)O)CC4)C3)C2)n1. The number of benzene rings is 1. The van der Waals surface area contributed by atoms with Gasteiger partial charge in [0, 0.05) is 30.6 Å². The highest BCUT2D eigenvalue weighted by Crippen LogP contribution is 2.49. The van der Waals surface area contributed by atoms with Gasteiger partial charge in [0.1, 0.15) is 24.4 Å². The zero-order valence-corrected chi connectivity index (χ0v) is 20.0. The number of nitrogens with zero attached hydrogens (tertiary/aromatic N) is 3. The molecular weight excluding hydrogens is 421 g/mol. The number of oxazole rings is 1. The molecule has 3 aliphatic rings. The molecule has 180 valence electrons. The summed E-state index contributed by atoms with van der Waals surface area (Å²) >= 11 is 0. The van der Waals surface area contributed by atoms with E-state index in [9.17, 15) is 9.50 Å². The quantitative estimate of drug-likeness (QED) is 0.689. The van der Waals surface area contributed by atoms with Crippen LogP contribution in [-0.4, -0.2) is 59.4 Å². The number of hydrogen-bond acceptors (Lipinski definition) is 6. The third-order valence-electron chi connectivity index (χ3n) is 7.65. The van der Waals surface area contributed by atoms with Gasteiger partial charge in [-0.15, -0.1) is 0 Å². The molecular formula is C26H36FN3O3. The second-order valence-corrected chi connectivity index (χ2v) is 11.1. The Morgan fingerprint density at radius 1 is 1.24 bits per heavy atom. The van der Waals surface area contributed by atoms with Crippen molar-refractivity contribution in [2.24, 2.45) is 5.41 Å². The number of ether oxygens (including phenoxy) is 1. The Balaban J connectivity index is 1.15. The van der Waals surface area contributed by atoms with E-state index in [2.05, 4.69) is 14.8 Å². The van der Waals surface area contributed by atoms with Crippen molar-refractivity contribution in [3.8, 4) is 5.75 Å². The van der Waals surface area contributed by atoms with Crippen molar-refractivity contribution in [2.45, 2.75) is 70.4 Å². The van der Waals surface area contributed by atoms with Crippen molar-refractivity contribution in [1.29, 1.82) is 0 Å². The van der Waals surface area contributed by atoms with E-state index in [1.807, 2.05) is 13.0 Å². The molecule has 2 aliphatic heterocycles. The van der Waals surface area contributed by atoms with Gasteiger partial charge in [0.25, 0.3) is 6.01 Å². The lowest BCUT2D eigenvalue weighted by Crippen LogP contribution is -2.56. The Hall–Kier alpha value is -2.12. The predicted molar refractivity (Wildman–Crippen MR) is 125 cm³/mol. The number of rotatable bonds is 6. The van der Waals surface area contributed by atoms with Gasteiger partial charge in [0.2, 0.25) is 0 Å². The number of hydrogen-bond donors (Lipinski definition) is 1. The van der Waals surface area contributed by atoms with Crippen LogP contribution in [0.5, 0.6) is 5.75 Å². The predicted octanol–water partition coefficient (Wildman–Crippen LogP) is 4.51. The lowest BCUT2D eigenvalue weighted by Gasteiger charge is -2.48. The summed E-state index contributed by atoms with van der Waals surface area (Å²) in [6.45, 7) is 9.75. The topological polar surface area (TPSA) is 62.0 Å². The fourth-order valence-corrected chi connectivity index (χ4v) is 5.96. The van der Waals surface area contributed by atoms with Crippen LogP contribution in [-0.2, 0) is 0 Å². The summed E-state index contributed by atoms with van der Waals surface area (Å²) in [6.07, 6.45) is 7.63. The largest absolute Gasteiger partial charge is 0.490 e. The molecule has 1 aromatic heterocycles. The Morgan fingerprint density at radius 2 is 2.00 bits per heavy atom. The number of aliphatic hydroxyl groups is 1. The molecule has 1 N–H and O–H groups in total. The van der Waals surface area contributed by atoms with Gasteiger partial charge in [0.05, 0.1) is 11.3 Å². The lowest BCUT2D eigenvalue weighted by molar-refractivity contribution is 0.0277. The number of aryl methyl sites for hydroxylation is 1. The van der Waals surface area contributed by atoms with E-state index in [4.69, 9.17) is 9.15 Å². The van der Waals surface area contributed by atoms with Crippen molar-refractivity contribution >= 4 is 6.01 Å². The molecule has 0 amide bonds. The molecule has 1 atom stereocenters. The molecule has 33 heavy (non-hydrogen) atoms. The summed E-state index contributed by atoms with van der Waals surface area (Å²) in [5.74, 6) is 0.640. The van der Waals surface area contributed by atoms with Crippen LogP contribution in [0.4, 0.5) is 10.4 Å². The maximum Gasteiger partial charge on any atom is 0.297 e. The van der Waals surface area contributed by atoms with Gasteiger partial charge >= 0.3 is 0 Å². The molecule has 1 spiro atoms. The summed E-state index contributed by atoms with van der Waals surface area (Å²) in [4.78, 5) is 9.41. The van der Waals surface area contributed by atoms with E-state index in [0.717, 1.165) is 56.3 Å². The third-order valence-corrected chi connectivity index (χ3v) is 7.65. The smallest absolute Gasteiger partial charge is 0.297 e. The zero-order valence-electron chi connectivity index (χ0n) is 20.0. The molecule has 1 aromatic carbocycles. The Kier molecular flexibility index (Phi) is 5.90. The second kappa shape index (κ2) is 8.58. The molecule has 1 saturated carbocycles. The standard InChI is InChI=1S/C26H36FN3O3/c1-18-14-32-24(28-18)30-15-26(16-30)9-6-21(13-26)29-10-7-19(8-11-29)22-5-4-20(27)12-23(22)33-17-25(2,3)31/h4-5,12,14,19,21,31H,6-11,13,15-17H2,1-3H3/t21-/m1/s1. The van der Waals surface area contributed by atoms with Crippen LogP contribution in [0.1, 0.15) is 63.1 Å². The molecule has 1 aliphatic carbocycles. The van der Waals surface area contributed by atoms with E-state index < -0.39 is 5.60 Å². The van der Waals surface area contributed by atoms with Crippen LogP contribution in [0.3, 0.4) is 0 Å². The first-order valence-electron chi connectivity index (χ1n) is 12.3. The van der Waals surface area contributed by atoms with E-state index >= 15 is 0 Å². The summed E-state index contributed by atoms with van der Waals surface area (Å²) in [5, 5.41) is 10.0. The number of anilines is 1. The summed E-state index contributed by atoms with van der Waals surface area (Å²) < 4.78 is 25.3. The van der Waals surface area contributed by atoms with Crippen molar-refractivity contribution in [3.05, 3.63) is 41.5 Å². The summed E-state index contributed by atoms with van der Waals surface area (Å²) in [7, 11) is 0. The van der Waals surface area contributed by atoms with E-state index in [1.54, 1.807) is 20.1 Å². The van der Waals surface area contributed by atoms with Crippen molar-refractivity contribution < 1.29 is 18.7 Å². The van der Waals surface area contributed by atoms with Crippen molar-refractivity contribution in [2.75, 3.05) is 37.7 Å². The number of halogens is 1. The number of likely N-dealkylation sites (tertiary alicyclic amines) is 1. The minimum atomic E-state index is -0.950. The Labute approximate surface area is 195 Å². The van der Waals surface area contributed by atoms with Gasteiger partial charge in [0.15, 0.2) is 0 Å². The Bertz CT molecular complexity index is 971. The van der Waals surface area contributed by atoms with Crippen LogP contribution >= 0.6 is 0 Å². The van der Waals surface area contributed by atoms with Gasteiger partial charge in [-0.3, -0.25) is 0 Å². The maximum absolute atomic E-state index is 13.9. The highest BCUT2D eigenvalue weighted by molar-refractivity contribution is 5.38. The van der Waals surface area contributed by atoms with Gasteiger partial charge < -0.3 is 24.1 Å². The van der Waals surface area contributed by atoms with Gasteiger partial charge in [-0.05, 0) is 83.5 Å². The molecule has 0 radical (unpaired) electrons. The van der Waals surface area contributed by atoms with Crippen LogP contribution in [0.25, 0.3) is 0 Å². The molecule has 0 unspecified atom stereocenters. The van der Waals surface area contributed by atoms with Crippen LogP contribution in [0.15, 0.2) is 28.9 Å². The fourth-order valence-electron chi connectivity index (χ4n) is 5.96. The molecule has 0 bridgehead atoms. The number of aromatic nitrogens is 1. The normalized spacial score (nSPS) is 23.8. The van der Waals surface area contributed by atoms with Crippen LogP contribution in [0, 0.1) is 18.2 Å². The molecule has 2 saturated heterocycles. The highest BCUT2D eigenvalue weighted by atomic mass is 19.1. The molecule has 6 nitrogen and oxygen atoms in total. The molecule has 5 rings (SSSR count). The lowest BCUT2D eigenvalue weighted by atomic mass is 9.78. The van der Waals surface area contributed by atoms with Gasteiger partial charge in [-0.25, -0.2) is 4.39 Å². The first kappa shape index (κ1) is 22.7. The first-order valence-corrected chi connectivity index (χ1v) is 12.3. The second-order valence-electron chi connectivity index (χ2n) is 11.1. The average molecular weight is 458 g/mol. The van der Waals surface area contributed by atoms with Crippen molar-refractivity contribution in [1.82, 2.24) is 9.88 Å². The Morgan fingerprint density at radius 3 is 2.67 bits per heavy atom. The summed E-state index contributed by atoms with van der Waals surface area (Å²) in [5.41, 5.74) is 1.47. The van der Waals surface area contributed by atoms with Gasteiger partial charge in [-0.2, -0.15) is 4.98 Å². The first-order chi connectivity index (χ1) is 15.7. The minimum Gasteiger partial charge on any atom is -0.490 e. The average Bonchev–Trinajstić information content (AvgIpc) is 3.38. The monoisotopic (exact) mass is 457 g/mol. The molecule has 3 heterocycles. The fraction of sp³-hybridized carbons (Fsp3) is 0.654. The zero-order chi connectivity index (χ0) is 23.2. The van der Waals surface area contributed by atoms with Crippen LogP contribution in [0.2, 0.25) is 0 Å².